The maximum Gasteiger partial charge on any atom is 0.253 e. The van der Waals surface area contributed by atoms with E-state index in [9.17, 15) is 19.2 Å². The monoisotopic (exact) mass is 542 g/mol. The average molecular weight is 543 g/mol. The van der Waals surface area contributed by atoms with Crippen LogP contribution in [0.25, 0.3) is 10.8 Å². The zero-order chi connectivity index (χ0) is 28.2. The summed E-state index contributed by atoms with van der Waals surface area (Å²) >= 11 is 0. The molecule has 1 fully saturated rings. The van der Waals surface area contributed by atoms with Gasteiger partial charge in [-0.3, -0.25) is 19.2 Å². The number of hydrogen-bond acceptors (Lipinski definition) is 5. The maximum absolute atomic E-state index is 13.7. The highest BCUT2D eigenvalue weighted by atomic mass is 16.5. The Labute approximate surface area is 233 Å². The summed E-state index contributed by atoms with van der Waals surface area (Å²) < 4.78 is 6.05. The summed E-state index contributed by atoms with van der Waals surface area (Å²) in [6.07, 6.45) is 1.02. The first-order valence-corrected chi connectivity index (χ1v) is 13.6. The Morgan fingerprint density at radius 2 is 1.77 bits per heavy atom. The molecule has 0 spiro atoms. The summed E-state index contributed by atoms with van der Waals surface area (Å²) in [7, 11) is 1.67. The number of nitrogens with one attached hydrogen (secondary N) is 2. The lowest BCUT2D eigenvalue weighted by Gasteiger charge is -2.29. The van der Waals surface area contributed by atoms with E-state index < -0.39 is 6.04 Å². The Hall–Kier alpha value is -4.40. The van der Waals surface area contributed by atoms with Crippen LogP contribution >= 0.6 is 0 Å². The Balaban J connectivity index is 1.33. The van der Waals surface area contributed by atoms with Crippen molar-refractivity contribution in [3.05, 3.63) is 77.9 Å². The van der Waals surface area contributed by atoms with Crippen molar-refractivity contribution < 1.29 is 23.9 Å². The van der Waals surface area contributed by atoms with Crippen LogP contribution in [-0.4, -0.2) is 78.3 Å². The molecule has 3 aromatic carbocycles. The van der Waals surface area contributed by atoms with Gasteiger partial charge in [0.25, 0.3) is 5.91 Å². The van der Waals surface area contributed by atoms with Gasteiger partial charge >= 0.3 is 0 Å². The molecule has 9 heteroatoms. The summed E-state index contributed by atoms with van der Waals surface area (Å²) in [5, 5.41) is 8.06. The number of nitrogens with zero attached hydrogens (tertiary/aromatic N) is 2. The molecule has 208 valence electrons. The Morgan fingerprint density at radius 1 is 0.975 bits per heavy atom. The number of fused-ring (bicyclic) bond motifs is 4. The number of ether oxygens (including phenoxy) is 1. The SMILES string of the molecule is CC(=O)N[C@H]1CCN(C)C(=O)c2cccc(c2)OC[C@@H]2C[C@H](NC(=O)Cc3ccc4ccccc4c3)CN2C1=O. The van der Waals surface area contributed by atoms with E-state index in [1.165, 1.54) is 11.8 Å². The minimum Gasteiger partial charge on any atom is -0.491 e. The molecule has 1 saturated heterocycles. The molecule has 40 heavy (non-hydrogen) atoms. The molecule has 2 N–H and O–H groups in total. The Morgan fingerprint density at radius 3 is 2.58 bits per heavy atom. The summed E-state index contributed by atoms with van der Waals surface area (Å²) in [4.78, 5) is 54.9. The molecule has 0 aromatic heterocycles. The number of rotatable bonds is 4. The summed E-state index contributed by atoms with van der Waals surface area (Å²) in [5.74, 6) is -0.339. The minimum absolute atomic E-state index is 0.116. The van der Waals surface area contributed by atoms with Gasteiger partial charge in [-0.25, -0.2) is 0 Å². The van der Waals surface area contributed by atoms with E-state index in [1.807, 2.05) is 42.5 Å². The highest BCUT2D eigenvalue weighted by molar-refractivity contribution is 5.94. The number of benzene rings is 3. The van der Waals surface area contributed by atoms with Gasteiger partial charge < -0.3 is 25.2 Å². The van der Waals surface area contributed by atoms with Crippen LogP contribution in [0.2, 0.25) is 0 Å². The second-order valence-electron chi connectivity index (χ2n) is 10.6. The van der Waals surface area contributed by atoms with Crippen LogP contribution in [0.3, 0.4) is 0 Å². The molecular formula is C31H34N4O5. The van der Waals surface area contributed by atoms with E-state index >= 15 is 0 Å². The summed E-state index contributed by atoms with van der Waals surface area (Å²) in [6.45, 7) is 2.16. The maximum atomic E-state index is 13.7. The predicted molar refractivity (Wildman–Crippen MR) is 151 cm³/mol. The van der Waals surface area contributed by atoms with Crippen molar-refractivity contribution in [2.45, 2.75) is 44.3 Å². The van der Waals surface area contributed by atoms with Crippen molar-refractivity contribution >= 4 is 34.4 Å². The molecule has 2 aliphatic heterocycles. The normalized spacial score (nSPS) is 21.5. The van der Waals surface area contributed by atoms with Crippen molar-refractivity contribution in [2.24, 2.45) is 0 Å². The van der Waals surface area contributed by atoms with Crippen LogP contribution < -0.4 is 15.4 Å². The number of amides is 4. The highest BCUT2D eigenvalue weighted by Gasteiger charge is 2.39. The molecule has 0 aliphatic carbocycles. The predicted octanol–water partition coefficient (Wildman–Crippen LogP) is 2.53. The fourth-order valence-electron chi connectivity index (χ4n) is 5.52. The van der Waals surface area contributed by atoms with Gasteiger partial charge in [-0.1, -0.05) is 48.5 Å². The first-order valence-electron chi connectivity index (χ1n) is 13.6. The van der Waals surface area contributed by atoms with E-state index in [4.69, 9.17) is 4.74 Å². The molecule has 3 atom stereocenters. The van der Waals surface area contributed by atoms with Crippen LogP contribution in [0.15, 0.2) is 66.7 Å². The molecule has 2 aliphatic rings. The lowest BCUT2D eigenvalue weighted by Crippen LogP contribution is -2.52. The van der Waals surface area contributed by atoms with Crippen LogP contribution in [0.1, 0.15) is 35.7 Å². The third-order valence-corrected chi connectivity index (χ3v) is 7.54. The van der Waals surface area contributed by atoms with Gasteiger partial charge in [0.05, 0.1) is 12.5 Å². The van der Waals surface area contributed by atoms with E-state index in [0.717, 1.165) is 16.3 Å². The highest BCUT2D eigenvalue weighted by Crippen LogP contribution is 2.24. The van der Waals surface area contributed by atoms with Crippen molar-refractivity contribution in [2.75, 3.05) is 26.7 Å². The van der Waals surface area contributed by atoms with Crippen molar-refractivity contribution in [1.29, 1.82) is 0 Å². The first kappa shape index (κ1) is 27.2. The fourth-order valence-corrected chi connectivity index (χ4v) is 5.52. The molecule has 4 amide bonds. The second-order valence-corrected chi connectivity index (χ2v) is 10.6. The summed E-state index contributed by atoms with van der Waals surface area (Å²) in [5.41, 5.74) is 1.41. The van der Waals surface area contributed by atoms with Crippen molar-refractivity contribution in [3.8, 4) is 5.75 Å². The number of hydrogen-bond donors (Lipinski definition) is 2. The quantitative estimate of drug-likeness (QED) is 0.527. The average Bonchev–Trinajstić information content (AvgIpc) is 3.34. The van der Waals surface area contributed by atoms with Crippen LogP contribution in [0, 0.1) is 0 Å². The van der Waals surface area contributed by atoms with Crippen molar-refractivity contribution in [1.82, 2.24) is 20.4 Å². The van der Waals surface area contributed by atoms with Gasteiger partial charge in [0.2, 0.25) is 17.7 Å². The molecule has 0 radical (unpaired) electrons. The lowest BCUT2D eigenvalue weighted by molar-refractivity contribution is -0.137. The first-order chi connectivity index (χ1) is 19.3. The molecule has 2 heterocycles. The van der Waals surface area contributed by atoms with Gasteiger partial charge in [-0.05, 0) is 47.4 Å². The van der Waals surface area contributed by atoms with Crippen LogP contribution in [0.5, 0.6) is 5.75 Å². The number of carbonyl (C=O) groups is 4. The third kappa shape index (κ3) is 6.25. The standard InChI is InChI=1S/C31H34N4O5/c1-20(36)32-28-12-13-34(2)30(38)24-8-5-9-27(16-24)40-19-26-17-25(18-35(26)31(28)39)33-29(37)15-21-10-11-22-6-3-4-7-23(22)14-21/h3-11,14,16,25-26,28H,12-13,15,17-19H2,1-2H3,(H,32,36)(H,33,37)/t25-,26-,28-/m0/s1. The fraction of sp³-hybridized carbons (Fsp3) is 0.355. The topological polar surface area (TPSA) is 108 Å². The van der Waals surface area contributed by atoms with Gasteiger partial charge in [0, 0.05) is 38.7 Å². The molecule has 3 aromatic rings. The van der Waals surface area contributed by atoms with E-state index in [2.05, 4.69) is 10.6 Å². The van der Waals surface area contributed by atoms with E-state index in [1.54, 1.807) is 36.2 Å². The van der Waals surface area contributed by atoms with Crippen LogP contribution in [0.4, 0.5) is 0 Å². The third-order valence-electron chi connectivity index (χ3n) is 7.54. The number of carbonyl (C=O) groups excluding carboxylic acids is 4. The molecule has 0 unspecified atom stereocenters. The van der Waals surface area contributed by atoms with Gasteiger partial charge in [-0.15, -0.1) is 0 Å². The summed E-state index contributed by atoms with van der Waals surface area (Å²) in [6, 6.07) is 19.6. The largest absolute Gasteiger partial charge is 0.491 e. The van der Waals surface area contributed by atoms with Gasteiger partial charge in [-0.2, -0.15) is 0 Å². The molecule has 9 nitrogen and oxygen atoms in total. The zero-order valence-corrected chi connectivity index (χ0v) is 22.8. The van der Waals surface area contributed by atoms with Crippen LogP contribution in [-0.2, 0) is 20.8 Å². The zero-order valence-electron chi connectivity index (χ0n) is 22.8. The minimum atomic E-state index is -0.800. The van der Waals surface area contributed by atoms with Gasteiger partial charge in [0.15, 0.2) is 0 Å². The van der Waals surface area contributed by atoms with Crippen molar-refractivity contribution in [3.63, 3.8) is 0 Å². The lowest BCUT2D eigenvalue weighted by atomic mass is 10.0. The second kappa shape index (κ2) is 11.8. The molecule has 5 rings (SSSR count). The molecule has 2 bridgehead atoms. The Bertz CT molecular complexity index is 1440. The Kier molecular flexibility index (Phi) is 8.00. The van der Waals surface area contributed by atoms with Gasteiger partial charge in [0.1, 0.15) is 18.4 Å². The smallest absolute Gasteiger partial charge is 0.253 e. The van der Waals surface area contributed by atoms with E-state index in [0.29, 0.717) is 24.3 Å². The molecular weight excluding hydrogens is 508 g/mol. The molecule has 0 saturated carbocycles. The van der Waals surface area contributed by atoms with E-state index in [-0.39, 0.29) is 61.7 Å².